The molecule has 0 unspecified atom stereocenters. The van der Waals surface area contributed by atoms with Gasteiger partial charge in [0.2, 0.25) is 0 Å². The maximum Gasteiger partial charge on any atom is 0.387 e. The van der Waals surface area contributed by atoms with Crippen LogP contribution in [0.4, 0.5) is 8.78 Å². The molecule has 5 heteroatoms. The van der Waals surface area contributed by atoms with Crippen LogP contribution in [0.5, 0.6) is 5.75 Å². The van der Waals surface area contributed by atoms with E-state index in [0.717, 1.165) is 12.8 Å². The quantitative estimate of drug-likeness (QED) is 0.827. The second-order valence-electron chi connectivity index (χ2n) is 5.91. The molecule has 0 aromatic heterocycles. The number of ether oxygens (including phenoxy) is 1. The summed E-state index contributed by atoms with van der Waals surface area (Å²) < 4.78 is 29.2. The van der Waals surface area contributed by atoms with Crippen LogP contribution in [-0.2, 0) is 0 Å². The molecule has 1 aliphatic rings. The number of rotatable bonds is 5. The number of carbonyl (C=O) groups excluding carboxylic acids is 1. The lowest BCUT2D eigenvalue weighted by molar-refractivity contribution is -0.0502. The molecule has 21 heavy (non-hydrogen) atoms. The maximum atomic E-state index is 12.5. The summed E-state index contributed by atoms with van der Waals surface area (Å²) in [5, 5.41) is 0. The van der Waals surface area contributed by atoms with E-state index in [9.17, 15) is 13.6 Å². The van der Waals surface area contributed by atoms with E-state index in [2.05, 4.69) is 18.6 Å². The fourth-order valence-corrected chi connectivity index (χ4v) is 2.89. The second kappa shape index (κ2) is 6.87. The highest BCUT2D eigenvalue weighted by Crippen LogP contribution is 2.27. The molecule has 1 aromatic carbocycles. The Bertz CT molecular complexity index is 491. The molecule has 1 amide bonds. The minimum Gasteiger partial charge on any atom is -0.434 e. The third kappa shape index (κ3) is 4.16. The first kappa shape index (κ1) is 15.7. The van der Waals surface area contributed by atoms with Crippen molar-refractivity contribution >= 4 is 5.91 Å². The summed E-state index contributed by atoms with van der Waals surface area (Å²) in [5.41, 5.74) is 0.211. The highest BCUT2D eigenvalue weighted by atomic mass is 19.3. The van der Waals surface area contributed by atoms with Gasteiger partial charge in [0.15, 0.2) is 0 Å². The Morgan fingerprint density at radius 1 is 1.38 bits per heavy atom. The molecule has 116 valence electrons. The van der Waals surface area contributed by atoms with Gasteiger partial charge in [-0.3, -0.25) is 4.79 Å². The smallest absolute Gasteiger partial charge is 0.387 e. The van der Waals surface area contributed by atoms with Crippen molar-refractivity contribution < 1.29 is 18.3 Å². The number of amides is 1. The highest BCUT2D eigenvalue weighted by Gasteiger charge is 2.29. The minimum absolute atomic E-state index is 0.0511. The standard InChI is InChI=1S/C16H21F2NO2/c1-11(2)9-12-7-8-19(10-12)15(20)13-5-3-4-6-14(13)21-16(17)18/h3-6,11-12,16H,7-10H2,1-2H3/t12-/m0/s1. The first-order valence-corrected chi connectivity index (χ1v) is 7.30. The fraction of sp³-hybridized carbons (Fsp3) is 0.562. The number of hydrogen-bond donors (Lipinski definition) is 0. The summed E-state index contributed by atoms with van der Waals surface area (Å²) in [4.78, 5) is 14.2. The Balaban J connectivity index is 2.07. The lowest BCUT2D eigenvalue weighted by atomic mass is 9.97. The summed E-state index contributed by atoms with van der Waals surface area (Å²) in [5.74, 6) is 0.818. The SMILES string of the molecule is CC(C)C[C@@H]1CCN(C(=O)c2ccccc2OC(F)F)C1. The molecule has 1 heterocycles. The molecule has 0 saturated carbocycles. The predicted molar refractivity (Wildman–Crippen MR) is 76.5 cm³/mol. The van der Waals surface area contributed by atoms with E-state index >= 15 is 0 Å². The van der Waals surface area contributed by atoms with Gasteiger partial charge < -0.3 is 9.64 Å². The number of hydrogen-bond acceptors (Lipinski definition) is 2. The second-order valence-corrected chi connectivity index (χ2v) is 5.91. The summed E-state index contributed by atoms with van der Waals surface area (Å²) in [6.45, 7) is 2.78. The number of carbonyl (C=O) groups is 1. The average molecular weight is 297 g/mol. The molecule has 1 aliphatic heterocycles. The molecule has 1 fully saturated rings. The van der Waals surface area contributed by atoms with E-state index < -0.39 is 6.61 Å². The average Bonchev–Trinajstić information content (AvgIpc) is 2.85. The van der Waals surface area contributed by atoms with Crippen LogP contribution in [0.2, 0.25) is 0 Å². The van der Waals surface area contributed by atoms with Gasteiger partial charge in [0.05, 0.1) is 5.56 Å². The van der Waals surface area contributed by atoms with E-state index in [4.69, 9.17) is 0 Å². The number of likely N-dealkylation sites (tertiary alicyclic amines) is 1. The zero-order chi connectivity index (χ0) is 15.4. The number of nitrogens with zero attached hydrogens (tertiary/aromatic N) is 1. The zero-order valence-electron chi connectivity index (χ0n) is 12.4. The van der Waals surface area contributed by atoms with Crippen LogP contribution < -0.4 is 4.74 Å². The van der Waals surface area contributed by atoms with Gasteiger partial charge in [0, 0.05) is 13.1 Å². The largest absolute Gasteiger partial charge is 0.434 e. The van der Waals surface area contributed by atoms with Crippen LogP contribution in [0.25, 0.3) is 0 Å². The van der Waals surface area contributed by atoms with Crippen molar-refractivity contribution in [1.82, 2.24) is 4.90 Å². The van der Waals surface area contributed by atoms with Gasteiger partial charge in [-0.1, -0.05) is 26.0 Å². The topological polar surface area (TPSA) is 29.5 Å². The van der Waals surface area contributed by atoms with Gasteiger partial charge in [-0.2, -0.15) is 8.78 Å². The lowest BCUT2D eigenvalue weighted by Gasteiger charge is -2.19. The van der Waals surface area contributed by atoms with Gasteiger partial charge in [0.1, 0.15) is 5.75 Å². The van der Waals surface area contributed by atoms with Crippen molar-refractivity contribution in [2.75, 3.05) is 13.1 Å². The monoisotopic (exact) mass is 297 g/mol. The molecule has 0 spiro atoms. The number of halogens is 2. The van der Waals surface area contributed by atoms with Crippen LogP contribution in [0, 0.1) is 11.8 Å². The van der Waals surface area contributed by atoms with E-state index in [1.54, 1.807) is 17.0 Å². The Morgan fingerprint density at radius 2 is 2.10 bits per heavy atom. The van der Waals surface area contributed by atoms with Crippen LogP contribution in [0.1, 0.15) is 37.0 Å². The number of para-hydroxylation sites is 1. The van der Waals surface area contributed by atoms with Crippen LogP contribution in [0.15, 0.2) is 24.3 Å². The maximum absolute atomic E-state index is 12.5. The van der Waals surface area contributed by atoms with Crippen molar-refractivity contribution in [2.45, 2.75) is 33.3 Å². The van der Waals surface area contributed by atoms with Crippen molar-refractivity contribution in [1.29, 1.82) is 0 Å². The Kier molecular flexibility index (Phi) is 5.15. The first-order valence-electron chi connectivity index (χ1n) is 7.30. The summed E-state index contributed by atoms with van der Waals surface area (Å²) >= 11 is 0. The number of alkyl halides is 2. The fourth-order valence-electron chi connectivity index (χ4n) is 2.89. The van der Waals surface area contributed by atoms with Crippen molar-refractivity contribution in [3.63, 3.8) is 0 Å². The van der Waals surface area contributed by atoms with Gasteiger partial charge >= 0.3 is 6.61 Å². The lowest BCUT2D eigenvalue weighted by Crippen LogP contribution is -2.29. The predicted octanol–water partition coefficient (Wildman–Crippen LogP) is 3.80. The molecule has 1 saturated heterocycles. The number of benzene rings is 1. The van der Waals surface area contributed by atoms with Gasteiger partial charge in [0.25, 0.3) is 5.91 Å². The summed E-state index contributed by atoms with van der Waals surface area (Å²) in [6, 6.07) is 6.18. The van der Waals surface area contributed by atoms with Crippen LogP contribution in [0.3, 0.4) is 0 Å². The van der Waals surface area contributed by atoms with E-state index in [-0.39, 0.29) is 17.2 Å². The third-order valence-electron chi connectivity index (χ3n) is 3.71. The molecule has 0 aliphatic carbocycles. The normalized spacial score (nSPS) is 18.6. The molecule has 3 nitrogen and oxygen atoms in total. The van der Waals surface area contributed by atoms with Crippen LogP contribution in [-0.4, -0.2) is 30.5 Å². The molecule has 0 bridgehead atoms. The summed E-state index contributed by atoms with van der Waals surface area (Å²) in [6.07, 6.45) is 2.06. The van der Waals surface area contributed by atoms with Crippen molar-refractivity contribution in [2.24, 2.45) is 11.8 Å². The molecule has 1 aromatic rings. The molecule has 1 atom stereocenters. The van der Waals surface area contributed by atoms with Crippen molar-refractivity contribution in [3.05, 3.63) is 29.8 Å². The Hall–Kier alpha value is -1.65. The van der Waals surface area contributed by atoms with Crippen molar-refractivity contribution in [3.8, 4) is 5.75 Å². The molecule has 0 radical (unpaired) electrons. The zero-order valence-corrected chi connectivity index (χ0v) is 12.4. The molecular formula is C16H21F2NO2. The van der Waals surface area contributed by atoms with E-state index in [1.807, 2.05) is 0 Å². The summed E-state index contributed by atoms with van der Waals surface area (Å²) in [7, 11) is 0. The molecule has 2 rings (SSSR count). The third-order valence-corrected chi connectivity index (χ3v) is 3.71. The minimum atomic E-state index is -2.92. The molecular weight excluding hydrogens is 276 g/mol. The Morgan fingerprint density at radius 3 is 2.76 bits per heavy atom. The van der Waals surface area contributed by atoms with Gasteiger partial charge in [-0.25, -0.2) is 0 Å². The molecule has 0 N–H and O–H groups in total. The Labute approximate surface area is 123 Å². The van der Waals surface area contributed by atoms with E-state index in [1.165, 1.54) is 12.1 Å². The van der Waals surface area contributed by atoms with Gasteiger partial charge in [-0.05, 0) is 36.8 Å². The van der Waals surface area contributed by atoms with E-state index in [0.29, 0.717) is 24.9 Å². The van der Waals surface area contributed by atoms with Crippen LogP contribution >= 0.6 is 0 Å². The first-order chi connectivity index (χ1) is 9.97. The van der Waals surface area contributed by atoms with Gasteiger partial charge in [-0.15, -0.1) is 0 Å². The highest BCUT2D eigenvalue weighted by molar-refractivity contribution is 5.97.